The molecule has 1 heterocycles. The predicted molar refractivity (Wildman–Crippen MR) is 73.6 cm³/mol. The van der Waals surface area contributed by atoms with Gasteiger partial charge in [-0.05, 0) is 24.1 Å². The molecular formula is C15H23NO2. The second-order valence-corrected chi connectivity index (χ2v) is 5.76. The van der Waals surface area contributed by atoms with Crippen LogP contribution in [0.4, 0.5) is 0 Å². The molecule has 0 bridgehead atoms. The van der Waals surface area contributed by atoms with Crippen molar-refractivity contribution in [1.29, 1.82) is 0 Å². The highest BCUT2D eigenvalue weighted by molar-refractivity contribution is 5.53. The molecule has 0 saturated heterocycles. The van der Waals surface area contributed by atoms with E-state index in [9.17, 15) is 0 Å². The molecule has 1 aliphatic rings. The van der Waals surface area contributed by atoms with E-state index in [1.807, 2.05) is 0 Å². The lowest BCUT2D eigenvalue weighted by atomic mass is 9.84. The Morgan fingerprint density at radius 2 is 2.11 bits per heavy atom. The third kappa shape index (κ3) is 2.32. The Morgan fingerprint density at radius 3 is 2.67 bits per heavy atom. The number of ether oxygens (including phenoxy) is 2. The van der Waals surface area contributed by atoms with Crippen LogP contribution in [0.25, 0.3) is 0 Å². The summed E-state index contributed by atoms with van der Waals surface area (Å²) >= 11 is 0. The first-order chi connectivity index (χ1) is 8.47. The van der Waals surface area contributed by atoms with Crippen molar-refractivity contribution < 1.29 is 9.47 Å². The number of rotatable bonds is 3. The highest BCUT2D eigenvalue weighted by Gasteiger charge is 2.31. The molecule has 0 fully saturated rings. The molecule has 3 heteroatoms. The van der Waals surface area contributed by atoms with Crippen LogP contribution >= 0.6 is 0 Å². The topological polar surface area (TPSA) is 30.5 Å². The zero-order valence-corrected chi connectivity index (χ0v) is 12.0. The summed E-state index contributed by atoms with van der Waals surface area (Å²) in [6.45, 7) is 10.4. The first kappa shape index (κ1) is 13.2. The highest BCUT2D eigenvalue weighted by atomic mass is 16.5. The van der Waals surface area contributed by atoms with Crippen LogP contribution in [-0.4, -0.2) is 20.3 Å². The maximum absolute atomic E-state index is 5.90. The fourth-order valence-electron chi connectivity index (χ4n) is 2.39. The molecule has 1 N–H and O–H groups in total. The third-order valence-corrected chi connectivity index (χ3v) is 3.36. The summed E-state index contributed by atoms with van der Waals surface area (Å²) in [6, 6.07) is 4.46. The van der Waals surface area contributed by atoms with Gasteiger partial charge < -0.3 is 14.8 Å². The summed E-state index contributed by atoms with van der Waals surface area (Å²) in [6.07, 6.45) is 0. The van der Waals surface area contributed by atoms with Crippen LogP contribution in [0, 0.1) is 0 Å². The second kappa shape index (κ2) is 4.81. The van der Waals surface area contributed by atoms with E-state index >= 15 is 0 Å². The number of nitrogens with one attached hydrogen (secondary N) is 1. The fourth-order valence-corrected chi connectivity index (χ4v) is 2.39. The van der Waals surface area contributed by atoms with Gasteiger partial charge in [0, 0.05) is 11.1 Å². The third-order valence-electron chi connectivity index (χ3n) is 3.36. The fraction of sp³-hybridized carbons (Fsp3) is 0.600. The van der Waals surface area contributed by atoms with Crippen molar-refractivity contribution >= 4 is 0 Å². The maximum atomic E-state index is 5.90. The van der Waals surface area contributed by atoms with Gasteiger partial charge in [0.1, 0.15) is 18.1 Å². The number of benzene rings is 1. The van der Waals surface area contributed by atoms with E-state index < -0.39 is 0 Å². The summed E-state index contributed by atoms with van der Waals surface area (Å²) in [5.74, 6) is 1.95. The van der Waals surface area contributed by atoms with Crippen LogP contribution < -0.4 is 14.8 Å². The monoisotopic (exact) mass is 249 g/mol. The van der Waals surface area contributed by atoms with Gasteiger partial charge in [0.2, 0.25) is 0 Å². The van der Waals surface area contributed by atoms with Gasteiger partial charge >= 0.3 is 0 Å². The molecule has 1 aromatic rings. The molecule has 1 atom stereocenters. The van der Waals surface area contributed by atoms with Crippen LogP contribution in [0.3, 0.4) is 0 Å². The van der Waals surface area contributed by atoms with Crippen molar-refractivity contribution in [2.45, 2.75) is 39.2 Å². The first-order valence-corrected chi connectivity index (χ1v) is 6.56. The van der Waals surface area contributed by atoms with Crippen LogP contribution in [-0.2, 0) is 5.41 Å². The number of methoxy groups -OCH3 is 1. The average Bonchev–Trinajstić information content (AvgIpc) is 2.70. The Kier molecular flexibility index (Phi) is 3.53. The minimum absolute atomic E-state index is 0.0553. The maximum Gasteiger partial charge on any atom is 0.128 e. The number of hydrogen-bond acceptors (Lipinski definition) is 3. The van der Waals surface area contributed by atoms with Gasteiger partial charge in [-0.25, -0.2) is 0 Å². The van der Waals surface area contributed by atoms with Gasteiger partial charge in [-0.3, -0.25) is 0 Å². The summed E-state index contributed by atoms with van der Waals surface area (Å²) in [7, 11) is 1.71. The van der Waals surface area contributed by atoms with Crippen LogP contribution in [0.2, 0.25) is 0 Å². The summed E-state index contributed by atoms with van der Waals surface area (Å²) in [5.41, 5.74) is 2.50. The Bertz CT molecular complexity index is 435. The van der Waals surface area contributed by atoms with E-state index in [1.165, 1.54) is 11.1 Å². The van der Waals surface area contributed by atoms with Crippen molar-refractivity contribution in [3.8, 4) is 11.5 Å². The van der Waals surface area contributed by atoms with Gasteiger partial charge in [-0.2, -0.15) is 0 Å². The van der Waals surface area contributed by atoms with Crippen molar-refractivity contribution in [1.82, 2.24) is 5.32 Å². The molecular weight excluding hydrogens is 226 g/mol. The van der Waals surface area contributed by atoms with Gasteiger partial charge in [-0.1, -0.05) is 27.7 Å². The Morgan fingerprint density at radius 1 is 1.39 bits per heavy atom. The smallest absolute Gasteiger partial charge is 0.128 e. The standard InChI is InChI=1S/C15H23NO2/c1-6-16-13-9-18-14-11(13)7-10(17-5)8-12(14)15(2,3)4/h7-8,13,16H,6,9H2,1-5H3. The summed E-state index contributed by atoms with van der Waals surface area (Å²) in [5, 5.41) is 3.45. The lowest BCUT2D eigenvalue weighted by molar-refractivity contribution is 0.307. The number of fused-ring (bicyclic) bond motifs is 1. The Hall–Kier alpha value is -1.22. The molecule has 0 amide bonds. The normalized spacial score (nSPS) is 18.4. The van der Waals surface area contributed by atoms with Gasteiger partial charge in [0.05, 0.1) is 13.2 Å². The molecule has 1 unspecified atom stereocenters. The van der Waals surface area contributed by atoms with Crippen molar-refractivity contribution in [2.24, 2.45) is 0 Å². The summed E-state index contributed by atoms with van der Waals surface area (Å²) < 4.78 is 11.3. The van der Waals surface area contributed by atoms with E-state index in [2.05, 4.69) is 45.1 Å². The van der Waals surface area contributed by atoms with E-state index in [-0.39, 0.29) is 11.5 Å². The van der Waals surface area contributed by atoms with E-state index in [1.54, 1.807) is 7.11 Å². The van der Waals surface area contributed by atoms with Crippen molar-refractivity contribution in [3.63, 3.8) is 0 Å². The van der Waals surface area contributed by atoms with Crippen LogP contribution in [0.15, 0.2) is 12.1 Å². The predicted octanol–water partition coefficient (Wildman–Crippen LogP) is 3.04. The average molecular weight is 249 g/mol. The molecule has 0 saturated carbocycles. The van der Waals surface area contributed by atoms with Crippen LogP contribution in [0.5, 0.6) is 11.5 Å². The lowest BCUT2D eigenvalue weighted by Gasteiger charge is -2.23. The zero-order valence-electron chi connectivity index (χ0n) is 12.0. The largest absolute Gasteiger partial charge is 0.497 e. The molecule has 2 rings (SSSR count). The van der Waals surface area contributed by atoms with E-state index in [4.69, 9.17) is 9.47 Å². The number of likely N-dealkylation sites (N-methyl/N-ethyl adjacent to an activating group) is 1. The second-order valence-electron chi connectivity index (χ2n) is 5.76. The van der Waals surface area contributed by atoms with Gasteiger partial charge in [0.15, 0.2) is 0 Å². The molecule has 3 nitrogen and oxygen atoms in total. The first-order valence-electron chi connectivity index (χ1n) is 6.56. The van der Waals surface area contributed by atoms with E-state index in [0.29, 0.717) is 6.61 Å². The van der Waals surface area contributed by atoms with Gasteiger partial charge in [0.25, 0.3) is 0 Å². The highest BCUT2D eigenvalue weighted by Crippen LogP contribution is 2.43. The molecule has 0 radical (unpaired) electrons. The minimum Gasteiger partial charge on any atom is -0.497 e. The molecule has 0 aromatic heterocycles. The van der Waals surface area contributed by atoms with Gasteiger partial charge in [-0.15, -0.1) is 0 Å². The van der Waals surface area contributed by atoms with Crippen LogP contribution in [0.1, 0.15) is 44.9 Å². The molecule has 0 spiro atoms. The van der Waals surface area contributed by atoms with Crippen molar-refractivity contribution in [2.75, 3.05) is 20.3 Å². The summed E-state index contributed by atoms with van der Waals surface area (Å²) in [4.78, 5) is 0. The quantitative estimate of drug-likeness (QED) is 0.893. The molecule has 0 aliphatic carbocycles. The Labute approximate surface area is 109 Å². The molecule has 1 aliphatic heterocycles. The zero-order chi connectivity index (χ0) is 13.3. The van der Waals surface area contributed by atoms with E-state index in [0.717, 1.165) is 18.0 Å². The van der Waals surface area contributed by atoms with Crippen molar-refractivity contribution in [3.05, 3.63) is 23.3 Å². The molecule has 18 heavy (non-hydrogen) atoms. The molecule has 100 valence electrons. The Balaban J connectivity index is 2.51. The SMILES string of the molecule is CCNC1COc2c1cc(OC)cc2C(C)(C)C. The molecule has 1 aromatic carbocycles. The lowest BCUT2D eigenvalue weighted by Crippen LogP contribution is -2.21. The number of hydrogen-bond donors (Lipinski definition) is 1. The minimum atomic E-state index is 0.0553.